The summed E-state index contributed by atoms with van der Waals surface area (Å²) in [5.41, 5.74) is -1.03. The number of carbonyl (C=O) groups excluding carboxylic acids is 1. The average Bonchev–Trinajstić information content (AvgIpc) is 2.53. The zero-order chi connectivity index (χ0) is 17.0. The van der Waals surface area contributed by atoms with Gasteiger partial charge in [-0.3, -0.25) is 4.90 Å². The fraction of sp³-hybridized carbons (Fsp3) is 0.562. The first kappa shape index (κ1) is 17.6. The van der Waals surface area contributed by atoms with Crippen molar-refractivity contribution in [2.24, 2.45) is 0 Å². The van der Waals surface area contributed by atoms with Gasteiger partial charge in [-0.2, -0.15) is 13.2 Å². The standard InChI is InChI=1S/C16H22F3N3O/c1-3-12(2)21-8-10-22(11-9-21)15(23)20-14-7-5-4-6-13(14)16(17,18)19/h4-7,12H,3,8-11H2,1-2H3,(H,20,23). The summed E-state index contributed by atoms with van der Waals surface area (Å²) in [6.45, 7) is 6.76. The number of urea groups is 1. The second kappa shape index (κ2) is 7.21. The number of piperazine rings is 1. The average molecular weight is 329 g/mol. The highest BCUT2D eigenvalue weighted by Crippen LogP contribution is 2.34. The van der Waals surface area contributed by atoms with Crippen molar-refractivity contribution in [2.45, 2.75) is 32.5 Å². The third-order valence-corrected chi connectivity index (χ3v) is 4.29. The molecule has 4 nitrogen and oxygen atoms in total. The number of hydrogen-bond acceptors (Lipinski definition) is 2. The zero-order valence-corrected chi connectivity index (χ0v) is 13.4. The number of carbonyl (C=O) groups is 1. The summed E-state index contributed by atoms with van der Waals surface area (Å²) in [4.78, 5) is 16.1. The van der Waals surface area contributed by atoms with E-state index in [1.807, 2.05) is 0 Å². The number of halogens is 3. The topological polar surface area (TPSA) is 35.6 Å². The molecule has 1 aliphatic heterocycles. The highest BCUT2D eigenvalue weighted by molar-refractivity contribution is 5.90. The minimum atomic E-state index is -4.49. The normalized spacial score (nSPS) is 17.9. The SMILES string of the molecule is CCC(C)N1CCN(C(=O)Nc2ccccc2C(F)(F)F)CC1. The number of amides is 2. The molecular weight excluding hydrogens is 307 g/mol. The molecule has 1 aromatic carbocycles. The van der Waals surface area contributed by atoms with E-state index in [4.69, 9.17) is 0 Å². The molecule has 2 rings (SSSR count). The molecule has 0 spiro atoms. The first-order valence-electron chi connectivity index (χ1n) is 7.79. The van der Waals surface area contributed by atoms with Crippen LogP contribution in [0.3, 0.4) is 0 Å². The van der Waals surface area contributed by atoms with Crippen LogP contribution in [0.4, 0.5) is 23.7 Å². The minimum absolute atomic E-state index is 0.200. The first-order chi connectivity index (χ1) is 10.8. The van der Waals surface area contributed by atoms with Crippen LogP contribution < -0.4 is 5.32 Å². The molecular formula is C16H22F3N3O. The molecule has 128 valence electrons. The summed E-state index contributed by atoms with van der Waals surface area (Å²) in [7, 11) is 0. The van der Waals surface area contributed by atoms with E-state index in [0.717, 1.165) is 25.6 Å². The Kier molecular flexibility index (Phi) is 5.51. The van der Waals surface area contributed by atoms with E-state index in [1.54, 1.807) is 4.90 Å². The van der Waals surface area contributed by atoms with E-state index in [2.05, 4.69) is 24.1 Å². The lowest BCUT2D eigenvalue weighted by molar-refractivity contribution is -0.136. The molecule has 1 N–H and O–H groups in total. The van der Waals surface area contributed by atoms with E-state index < -0.39 is 17.8 Å². The third kappa shape index (κ3) is 4.37. The Bertz CT molecular complexity index is 540. The number of rotatable bonds is 3. The van der Waals surface area contributed by atoms with Crippen LogP contribution in [0, 0.1) is 0 Å². The molecule has 0 bridgehead atoms. The second-order valence-corrected chi connectivity index (χ2v) is 5.75. The Balaban J connectivity index is 1.99. The molecule has 0 aliphatic carbocycles. The van der Waals surface area contributed by atoms with Gasteiger partial charge in [0.25, 0.3) is 0 Å². The predicted octanol–water partition coefficient (Wildman–Crippen LogP) is 3.65. The van der Waals surface area contributed by atoms with Crippen molar-refractivity contribution < 1.29 is 18.0 Å². The molecule has 1 unspecified atom stereocenters. The van der Waals surface area contributed by atoms with Crippen molar-refractivity contribution in [1.29, 1.82) is 0 Å². The first-order valence-corrected chi connectivity index (χ1v) is 7.79. The predicted molar refractivity (Wildman–Crippen MR) is 83.4 cm³/mol. The number of hydrogen-bond donors (Lipinski definition) is 1. The fourth-order valence-electron chi connectivity index (χ4n) is 2.66. The van der Waals surface area contributed by atoms with Crippen LogP contribution in [0.15, 0.2) is 24.3 Å². The van der Waals surface area contributed by atoms with Crippen LogP contribution in [0.5, 0.6) is 0 Å². The van der Waals surface area contributed by atoms with Crippen molar-refractivity contribution in [3.05, 3.63) is 29.8 Å². The van der Waals surface area contributed by atoms with Crippen molar-refractivity contribution in [2.75, 3.05) is 31.5 Å². The molecule has 1 aliphatic rings. The van der Waals surface area contributed by atoms with Crippen LogP contribution in [-0.4, -0.2) is 48.1 Å². The van der Waals surface area contributed by atoms with Gasteiger partial charge in [-0.05, 0) is 25.5 Å². The van der Waals surface area contributed by atoms with E-state index in [0.29, 0.717) is 19.1 Å². The Labute approximate surface area is 134 Å². The summed E-state index contributed by atoms with van der Waals surface area (Å²) in [5.74, 6) is 0. The zero-order valence-electron chi connectivity index (χ0n) is 13.4. The molecule has 1 atom stereocenters. The Morgan fingerprint density at radius 3 is 2.39 bits per heavy atom. The number of nitrogens with one attached hydrogen (secondary N) is 1. The summed E-state index contributed by atoms with van der Waals surface area (Å²) < 4.78 is 38.8. The number of anilines is 1. The highest BCUT2D eigenvalue weighted by Gasteiger charge is 2.34. The summed E-state index contributed by atoms with van der Waals surface area (Å²) in [6.07, 6.45) is -3.45. The Morgan fingerprint density at radius 2 is 1.83 bits per heavy atom. The Morgan fingerprint density at radius 1 is 1.22 bits per heavy atom. The molecule has 0 aromatic heterocycles. The van der Waals surface area contributed by atoms with Gasteiger partial charge in [-0.15, -0.1) is 0 Å². The van der Waals surface area contributed by atoms with Crippen LogP contribution in [0.2, 0.25) is 0 Å². The summed E-state index contributed by atoms with van der Waals surface area (Å²) in [5, 5.41) is 2.39. The smallest absolute Gasteiger partial charge is 0.322 e. The lowest BCUT2D eigenvalue weighted by Crippen LogP contribution is -2.52. The molecule has 1 heterocycles. The van der Waals surface area contributed by atoms with Gasteiger partial charge >= 0.3 is 12.2 Å². The van der Waals surface area contributed by atoms with Gasteiger partial charge in [0.2, 0.25) is 0 Å². The van der Waals surface area contributed by atoms with Gasteiger partial charge in [0, 0.05) is 32.2 Å². The van der Waals surface area contributed by atoms with Crippen molar-refractivity contribution >= 4 is 11.7 Å². The van der Waals surface area contributed by atoms with Crippen LogP contribution >= 0.6 is 0 Å². The van der Waals surface area contributed by atoms with Crippen LogP contribution in [0.1, 0.15) is 25.8 Å². The van der Waals surface area contributed by atoms with Gasteiger partial charge in [0.05, 0.1) is 11.3 Å². The van der Waals surface area contributed by atoms with Gasteiger partial charge in [0.1, 0.15) is 0 Å². The van der Waals surface area contributed by atoms with Gasteiger partial charge < -0.3 is 10.2 Å². The van der Waals surface area contributed by atoms with Crippen molar-refractivity contribution in [1.82, 2.24) is 9.80 Å². The quantitative estimate of drug-likeness (QED) is 0.919. The molecule has 7 heteroatoms. The largest absolute Gasteiger partial charge is 0.418 e. The lowest BCUT2D eigenvalue weighted by atomic mass is 10.1. The van der Waals surface area contributed by atoms with Gasteiger partial charge in [0.15, 0.2) is 0 Å². The molecule has 2 amide bonds. The van der Waals surface area contributed by atoms with E-state index in [1.165, 1.54) is 18.2 Å². The second-order valence-electron chi connectivity index (χ2n) is 5.75. The summed E-state index contributed by atoms with van der Waals surface area (Å²) >= 11 is 0. The third-order valence-electron chi connectivity index (χ3n) is 4.29. The van der Waals surface area contributed by atoms with Gasteiger partial charge in [-0.25, -0.2) is 4.79 Å². The highest BCUT2D eigenvalue weighted by atomic mass is 19.4. The molecule has 23 heavy (non-hydrogen) atoms. The van der Waals surface area contributed by atoms with Crippen LogP contribution in [0.25, 0.3) is 0 Å². The molecule has 1 fully saturated rings. The molecule has 1 saturated heterocycles. The molecule has 0 saturated carbocycles. The van der Waals surface area contributed by atoms with E-state index in [9.17, 15) is 18.0 Å². The fourth-order valence-corrected chi connectivity index (χ4v) is 2.66. The molecule has 0 radical (unpaired) electrons. The summed E-state index contributed by atoms with van der Waals surface area (Å²) in [6, 6.07) is 5.00. The van der Waals surface area contributed by atoms with E-state index >= 15 is 0 Å². The van der Waals surface area contributed by atoms with Crippen molar-refractivity contribution in [3.8, 4) is 0 Å². The number of benzene rings is 1. The van der Waals surface area contributed by atoms with E-state index in [-0.39, 0.29) is 5.69 Å². The number of nitrogens with zero attached hydrogens (tertiary/aromatic N) is 2. The Hall–Kier alpha value is -1.76. The van der Waals surface area contributed by atoms with Crippen LogP contribution in [-0.2, 0) is 6.18 Å². The maximum atomic E-state index is 12.9. The minimum Gasteiger partial charge on any atom is -0.322 e. The number of alkyl halides is 3. The maximum absolute atomic E-state index is 12.9. The lowest BCUT2D eigenvalue weighted by Gasteiger charge is -2.37. The number of para-hydroxylation sites is 1. The maximum Gasteiger partial charge on any atom is 0.418 e. The van der Waals surface area contributed by atoms with Crippen molar-refractivity contribution in [3.63, 3.8) is 0 Å². The van der Waals surface area contributed by atoms with Gasteiger partial charge in [-0.1, -0.05) is 19.1 Å². The monoisotopic (exact) mass is 329 g/mol. The molecule has 1 aromatic rings.